The zero-order valence-corrected chi connectivity index (χ0v) is 8.21. The minimum Gasteiger partial charge on any atom is -0.392 e. The second kappa shape index (κ2) is 4.83. The third kappa shape index (κ3) is 3.55. The number of rotatable bonds is 3. The molecule has 1 fully saturated rings. The molecule has 0 aromatic heterocycles. The minimum atomic E-state index is -0.206. The van der Waals surface area contributed by atoms with Crippen molar-refractivity contribution in [2.24, 2.45) is 5.92 Å². The van der Waals surface area contributed by atoms with Gasteiger partial charge in [0.2, 0.25) is 0 Å². The Morgan fingerprint density at radius 2 is 2.25 bits per heavy atom. The summed E-state index contributed by atoms with van der Waals surface area (Å²) in [6, 6.07) is 0.656. The molecular formula is C10H21NO. The predicted molar refractivity (Wildman–Crippen MR) is 51.1 cm³/mol. The van der Waals surface area contributed by atoms with Crippen molar-refractivity contribution >= 4 is 0 Å². The van der Waals surface area contributed by atoms with Gasteiger partial charge in [-0.1, -0.05) is 19.8 Å². The summed E-state index contributed by atoms with van der Waals surface area (Å²) >= 11 is 0. The van der Waals surface area contributed by atoms with Crippen LogP contribution in [-0.2, 0) is 0 Å². The SMILES string of the molecule is CC1CCCC(NC[C@@H](C)O)C1. The van der Waals surface area contributed by atoms with Crippen molar-refractivity contribution in [2.45, 2.75) is 51.7 Å². The molecule has 0 aromatic carbocycles. The average Bonchev–Trinajstić information content (AvgIpc) is 2.01. The molecule has 0 saturated heterocycles. The molecule has 2 unspecified atom stereocenters. The van der Waals surface area contributed by atoms with Gasteiger partial charge in [0.25, 0.3) is 0 Å². The van der Waals surface area contributed by atoms with E-state index in [9.17, 15) is 0 Å². The monoisotopic (exact) mass is 171 g/mol. The lowest BCUT2D eigenvalue weighted by Crippen LogP contribution is -2.37. The molecule has 0 radical (unpaired) electrons. The molecule has 72 valence electrons. The Labute approximate surface area is 75.4 Å². The van der Waals surface area contributed by atoms with Crippen LogP contribution >= 0.6 is 0 Å². The Balaban J connectivity index is 2.14. The van der Waals surface area contributed by atoms with Gasteiger partial charge in [0.15, 0.2) is 0 Å². The maximum Gasteiger partial charge on any atom is 0.0636 e. The third-order valence-electron chi connectivity index (χ3n) is 2.64. The van der Waals surface area contributed by atoms with E-state index in [-0.39, 0.29) is 6.10 Å². The lowest BCUT2D eigenvalue weighted by Gasteiger charge is -2.28. The van der Waals surface area contributed by atoms with Gasteiger partial charge in [-0.3, -0.25) is 0 Å². The van der Waals surface area contributed by atoms with Crippen molar-refractivity contribution in [3.8, 4) is 0 Å². The Kier molecular flexibility index (Phi) is 4.02. The van der Waals surface area contributed by atoms with Crippen LogP contribution in [0.4, 0.5) is 0 Å². The predicted octanol–water partition coefficient (Wildman–Crippen LogP) is 1.54. The lowest BCUT2D eigenvalue weighted by atomic mass is 9.87. The fraction of sp³-hybridized carbons (Fsp3) is 1.00. The number of aliphatic hydroxyl groups is 1. The van der Waals surface area contributed by atoms with Gasteiger partial charge in [0, 0.05) is 12.6 Å². The Morgan fingerprint density at radius 1 is 1.50 bits per heavy atom. The second-order valence-corrected chi connectivity index (χ2v) is 4.23. The van der Waals surface area contributed by atoms with Crippen molar-refractivity contribution in [1.29, 1.82) is 0 Å². The highest BCUT2D eigenvalue weighted by Gasteiger charge is 2.18. The molecule has 0 heterocycles. The highest BCUT2D eigenvalue weighted by molar-refractivity contribution is 4.76. The van der Waals surface area contributed by atoms with Crippen LogP contribution in [0.2, 0.25) is 0 Å². The normalized spacial score (nSPS) is 33.2. The fourth-order valence-corrected chi connectivity index (χ4v) is 1.96. The van der Waals surface area contributed by atoms with Gasteiger partial charge >= 0.3 is 0 Å². The molecule has 1 saturated carbocycles. The topological polar surface area (TPSA) is 32.3 Å². The number of aliphatic hydroxyl groups excluding tert-OH is 1. The Hall–Kier alpha value is -0.0800. The van der Waals surface area contributed by atoms with E-state index in [4.69, 9.17) is 5.11 Å². The molecular weight excluding hydrogens is 150 g/mol. The summed E-state index contributed by atoms with van der Waals surface area (Å²) in [5.41, 5.74) is 0. The van der Waals surface area contributed by atoms with Gasteiger partial charge in [-0.15, -0.1) is 0 Å². The number of nitrogens with one attached hydrogen (secondary N) is 1. The summed E-state index contributed by atoms with van der Waals surface area (Å²) in [6.45, 7) is 4.90. The van der Waals surface area contributed by atoms with Crippen molar-refractivity contribution < 1.29 is 5.11 Å². The van der Waals surface area contributed by atoms with E-state index >= 15 is 0 Å². The first-order valence-electron chi connectivity index (χ1n) is 5.10. The van der Waals surface area contributed by atoms with E-state index in [1.54, 1.807) is 0 Å². The van der Waals surface area contributed by atoms with E-state index in [1.165, 1.54) is 25.7 Å². The summed E-state index contributed by atoms with van der Waals surface area (Å²) in [6.07, 6.45) is 5.09. The van der Waals surface area contributed by atoms with Crippen LogP contribution in [-0.4, -0.2) is 23.8 Å². The first kappa shape index (κ1) is 10.0. The van der Waals surface area contributed by atoms with Crippen LogP contribution < -0.4 is 5.32 Å². The first-order chi connectivity index (χ1) is 5.68. The summed E-state index contributed by atoms with van der Waals surface area (Å²) < 4.78 is 0. The average molecular weight is 171 g/mol. The van der Waals surface area contributed by atoms with E-state index in [2.05, 4.69) is 12.2 Å². The van der Waals surface area contributed by atoms with E-state index in [1.807, 2.05) is 6.92 Å². The van der Waals surface area contributed by atoms with Gasteiger partial charge in [-0.25, -0.2) is 0 Å². The highest BCUT2D eigenvalue weighted by atomic mass is 16.3. The zero-order chi connectivity index (χ0) is 8.97. The van der Waals surface area contributed by atoms with Crippen LogP contribution in [0.3, 0.4) is 0 Å². The number of hydrogen-bond acceptors (Lipinski definition) is 2. The van der Waals surface area contributed by atoms with Crippen molar-refractivity contribution in [1.82, 2.24) is 5.32 Å². The quantitative estimate of drug-likeness (QED) is 0.675. The first-order valence-corrected chi connectivity index (χ1v) is 5.10. The van der Waals surface area contributed by atoms with Gasteiger partial charge in [-0.2, -0.15) is 0 Å². The Bertz CT molecular complexity index is 125. The maximum absolute atomic E-state index is 9.09. The molecule has 0 aliphatic heterocycles. The highest BCUT2D eigenvalue weighted by Crippen LogP contribution is 2.23. The van der Waals surface area contributed by atoms with Gasteiger partial charge < -0.3 is 10.4 Å². The molecule has 1 rings (SSSR count). The van der Waals surface area contributed by atoms with Crippen molar-refractivity contribution in [3.05, 3.63) is 0 Å². The standard InChI is InChI=1S/C10H21NO/c1-8-4-3-5-10(6-8)11-7-9(2)12/h8-12H,3-7H2,1-2H3/t8?,9-,10?/m1/s1. The van der Waals surface area contributed by atoms with Gasteiger partial charge in [0.05, 0.1) is 6.10 Å². The van der Waals surface area contributed by atoms with Crippen LogP contribution in [0.15, 0.2) is 0 Å². The molecule has 3 atom stereocenters. The number of hydrogen-bond donors (Lipinski definition) is 2. The zero-order valence-electron chi connectivity index (χ0n) is 8.21. The van der Waals surface area contributed by atoms with Gasteiger partial charge in [-0.05, 0) is 25.7 Å². The molecule has 1 aliphatic carbocycles. The fourth-order valence-electron chi connectivity index (χ4n) is 1.96. The van der Waals surface area contributed by atoms with E-state index < -0.39 is 0 Å². The molecule has 0 amide bonds. The maximum atomic E-state index is 9.09. The molecule has 0 bridgehead atoms. The molecule has 12 heavy (non-hydrogen) atoms. The molecule has 0 spiro atoms. The van der Waals surface area contributed by atoms with E-state index in [0.717, 1.165) is 12.5 Å². The molecule has 2 nitrogen and oxygen atoms in total. The third-order valence-corrected chi connectivity index (χ3v) is 2.64. The Morgan fingerprint density at radius 3 is 2.83 bits per heavy atom. The summed E-state index contributed by atoms with van der Waals surface area (Å²) in [5.74, 6) is 0.866. The molecule has 1 aliphatic rings. The van der Waals surface area contributed by atoms with Crippen molar-refractivity contribution in [3.63, 3.8) is 0 Å². The van der Waals surface area contributed by atoms with Crippen LogP contribution in [0.25, 0.3) is 0 Å². The molecule has 2 heteroatoms. The van der Waals surface area contributed by atoms with Gasteiger partial charge in [0.1, 0.15) is 0 Å². The second-order valence-electron chi connectivity index (χ2n) is 4.23. The molecule has 0 aromatic rings. The largest absolute Gasteiger partial charge is 0.392 e. The summed E-state index contributed by atoms with van der Waals surface area (Å²) in [5, 5.41) is 12.5. The summed E-state index contributed by atoms with van der Waals surface area (Å²) in [4.78, 5) is 0. The summed E-state index contributed by atoms with van der Waals surface area (Å²) in [7, 11) is 0. The molecule has 2 N–H and O–H groups in total. The smallest absolute Gasteiger partial charge is 0.0636 e. The lowest BCUT2D eigenvalue weighted by molar-refractivity contribution is 0.177. The van der Waals surface area contributed by atoms with Crippen molar-refractivity contribution in [2.75, 3.05) is 6.54 Å². The van der Waals surface area contributed by atoms with Crippen LogP contribution in [0.5, 0.6) is 0 Å². The van der Waals surface area contributed by atoms with Crippen LogP contribution in [0, 0.1) is 5.92 Å². The van der Waals surface area contributed by atoms with Crippen LogP contribution in [0.1, 0.15) is 39.5 Å². The minimum absolute atomic E-state index is 0.206. The van der Waals surface area contributed by atoms with E-state index in [0.29, 0.717) is 6.04 Å².